The van der Waals surface area contributed by atoms with E-state index in [1.54, 1.807) is 0 Å². The zero-order valence-electron chi connectivity index (χ0n) is 13.5. The molecule has 0 saturated heterocycles. The van der Waals surface area contributed by atoms with Gasteiger partial charge < -0.3 is 10.2 Å². The number of hydrazine groups is 1. The normalized spacial score (nSPS) is 10.5. The third-order valence-electron chi connectivity index (χ3n) is 3.69. The quantitative estimate of drug-likeness (QED) is 0.614. The van der Waals surface area contributed by atoms with E-state index in [2.05, 4.69) is 10.9 Å². The number of halogens is 2. The summed E-state index contributed by atoms with van der Waals surface area (Å²) in [7, 11) is 0. The smallest absolute Gasteiger partial charge is 0.162 e. The molecular formula is C20H18F2N2O. The first-order valence-corrected chi connectivity index (χ1v) is 7.91. The van der Waals surface area contributed by atoms with Crippen molar-refractivity contribution in [1.29, 1.82) is 0 Å². The summed E-state index contributed by atoms with van der Waals surface area (Å²) in [4.78, 5) is 0. The average molecular weight is 340 g/mol. The summed E-state index contributed by atoms with van der Waals surface area (Å²) < 4.78 is 31.8. The van der Waals surface area contributed by atoms with Crippen LogP contribution in [0.5, 0.6) is 5.75 Å². The summed E-state index contributed by atoms with van der Waals surface area (Å²) in [5.74, 6) is -1.51. The summed E-state index contributed by atoms with van der Waals surface area (Å²) in [6, 6.07) is 21.1. The lowest BCUT2D eigenvalue weighted by atomic mass is 10.1. The minimum atomic E-state index is -0.917. The van der Waals surface area contributed by atoms with Crippen molar-refractivity contribution in [2.75, 3.05) is 5.43 Å². The van der Waals surface area contributed by atoms with Crippen LogP contribution in [0.1, 0.15) is 11.1 Å². The molecule has 3 rings (SSSR count). The van der Waals surface area contributed by atoms with E-state index in [0.717, 1.165) is 28.9 Å². The largest absolute Gasteiger partial charge is 0.489 e. The minimum Gasteiger partial charge on any atom is -0.489 e. The number of hydrogen-bond donors (Lipinski definition) is 2. The van der Waals surface area contributed by atoms with Gasteiger partial charge in [-0.1, -0.05) is 42.5 Å². The highest BCUT2D eigenvalue weighted by Gasteiger charge is 2.06. The Morgan fingerprint density at radius 2 is 1.48 bits per heavy atom. The molecule has 0 amide bonds. The molecule has 5 heteroatoms. The molecule has 0 heterocycles. The Kier molecular flexibility index (Phi) is 5.59. The van der Waals surface area contributed by atoms with Crippen LogP contribution in [-0.4, -0.2) is 0 Å². The molecule has 0 spiro atoms. The van der Waals surface area contributed by atoms with Gasteiger partial charge in [0.25, 0.3) is 0 Å². The van der Waals surface area contributed by atoms with Gasteiger partial charge in [0, 0.05) is 18.3 Å². The number of para-hydroxylation sites is 1. The van der Waals surface area contributed by atoms with Gasteiger partial charge in [0.1, 0.15) is 12.4 Å². The maximum atomic E-state index is 13.2. The van der Waals surface area contributed by atoms with Crippen LogP contribution in [0.3, 0.4) is 0 Å². The number of rotatable bonds is 7. The average Bonchev–Trinajstić information content (AvgIpc) is 2.64. The lowest BCUT2D eigenvalue weighted by Crippen LogP contribution is -2.21. The van der Waals surface area contributed by atoms with Gasteiger partial charge in [-0.2, -0.15) is 0 Å². The second-order valence-electron chi connectivity index (χ2n) is 5.48. The molecule has 0 aromatic heterocycles. The van der Waals surface area contributed by atoms with Gasteiger partial charge in [0.15, 0.2) is 11.6 Å². The van der Waals surface area contributed by atoms with E-state index in [9.17, 15) is 8.78 Å². The van der Waals surface area contributed by atoms with E-state index in [0.29, 0.717) is 12.3 Å². The monoisotopic (exact) mass is 340 g/mol. The molecule has 0 atom stereocenters. The van der Waals surface area contributed by atoms with Gasteiger partial charge in [-0.05, 0) is 35.4 Å². The minimum absolute atomic E-state index is 0.272. The van der Waals surface area contributed by atoms with Crippen LogP contribution in [0.15, 0.2) is 72.8 Å². The van der Waals surface area contributed by atoms with Crippen molar-refractivity contribution >= 4 is 5.69 Å². The van der Waals surface area contributed by atoms with E-state index < -0.39 is 11.6 Å². The molecule has 0 aliphatic carbocycles. The van der Waals surface area contributed by atoms with Crippen LogP contribution < -0.4 is 15.6 Å². The number of hydrogen-bond acceptors (Lipinski definition) is 3. The molecule has 3 aromatic rings. The van der Waals surface area contributed by atoms with Crippen molar-refractivity contribution in [1.82, 2.24) is 5.43 Å². The fourth-order valence-corrected chi connectivity index (χ4v) is 2.36. The summed E-state index contributed by atoms with van der Waals surface area (Å²) in [5, 5.41) is 0. The van der Waals surface area contributed by atoms with Crippen molar-refractivity contribution in [2.24, 2.45) is 0 Å². The second-order valence-corrected chi connectivity index (χ2v) is 5.48. The fraction of sp³-hybridized carbons (Fsp3) is 0.100. The summed E-state index contributed by atoms with van der Waals surface area (Å²) in [6.07, 6.45) is 0. The highest BCUT2D eigenvalue weighted by atomic mass is 19.2. The van der Waals surface area contributed by atoms with Gasteiger partial charge >= 0.3 is 0 Å². The third-order valence-corrected chi connectivity index (χ3v) is 3.69. The molecule has 0 radical (unpaired) electrons. The highest BCUT2D eigenvalue weighted by molar-refractivity contribution is 5.41. The van der Waals surface area contributed by atoms with Crippen LogP contribution in [-0.2, 0) is 13.2 Å². The van der Waals surface area contributed by atoms with Crippen LogP contribution >= 0.6 is 0 Å². The van der Waals surface area contributed by atoms with Crippen molar-refractivity contribution in [2.45, 2.75) is 13.2 Å². The molecule has 0 aliphatic heterocycles. The Hall–Kier alpha value is -2.92. The molecule has 3 nitrogen and oxygen atoms in total. The Labute approximate surface area is 145 Å². The molecule has 128 valence electrons. The highest BCUT2D eigenvalue weighted by Crippen LogP contribution is 2.18. The third kappa shape index (κ3) is 4.78. The maximum absolute atomic E-state index is 13.2. The Morgan fingerprint density at radius 1 is 0.760 bits per heavy atom. The van der Waals surface area contributed by atoms with Crippen LogP contribution in [0, 0.1) is 11.6 Å². The number of benzene rings is 3. The summed E-state index contributed by atoms with van der Waals surface area (Å²) >= 11 is 0. The molecule has 3 aromatic carbocycles. The number of anilines is 1. The molecule has 0 saturated carbocycles. The van der Waals surface area contributed by atoms with E-state index in [1.165, 1.54) is 6.07 Å². The van der Waals surface area contributed by atoms with Crippen molar-refractivity contribution in [3.05, 3.63) is 95.6 Å². The lowest BCUT2D eigenvalue weighted by molar-refractivity contribution is 0.302. The first kappa shape index (κ1) is 16.9. The Morgan fingerprint density at radius 3 is 2.24 bits per heavy atom. The lowest BCUT2D eigenvalue weighted by Gasteiger charge is -2.13. The standard InChI is InChI=1S/C20H18F2N2O/c21-19-11-10-18(12-20(19)22)25-14-16-7-5-4-6-15(16)13-23-24-17-8-2-1-3-9-17/h1-12,23-24H,13-14H2. The first-order valence-electron chi connectivity index (χ1n) is 7.91. The number of nitrogens with one attached hydrogen (secondary N) is 2. The predicted molar refractivity (Wildman–Crippen MR) is 94.0 cm³/mol. The van der Waals surface area contributed by atoms with E-state index in [-0.39, 0.29) is 6.61 Å². The van der Waals surface area contributed by atoms with Gasteiger partial charge in [-0.3, -0.25) is 0 Å². The van der Waals surface area contributed by atoms with Gasteiger partial charge in [0.2, 0.25) is 0 Å². The SMILES string of the molecule is Fc1ccc(OCc2ccccc2CNNc2ccccc2)cc1F. The molecule has 2 N–H and O–H groups in total. The van der Waals surface area contributed by atoms with E-state index in [1.807, 2.05) is 54.6 Å². The summed E-state index contributed by atoms with van der Waals surface area (Å²) in [6.45, 7) is 0.862. The maximum Gasteiger partial charge on any atom is 0.162 e. The topological polar surface area (TPSA) is 33.3 Å². The van der Waals surface area contributed by atoms with Gasteiger partial charge in [-0.15, -0.1) is 0 Å². The van der Waals surface area contributed by atoms with Gasteiger partial charge in [-0.25, -0.2) is 14.2 Å². The zero-order chi connectivity index (χ0) is 17.5. The summed E-state index contributed by atoms with van der Waals surface area (Å²) in [5.41, 5.74) is 9.27. The molecule has 0 aliphatic rings. The molecule has 25 heavy (non-hydrogen) atoms. The van der Waals surface area contributed by atoms with E-state index >= 15 is 0 Å². The van der Waals surface area contributed by atoms with Crippen LogP contribution in [0.2, 0.25) is 0 Å². The predicted octanol–water partition coefficient (Wildman–Crippen LogP) is 4.66. The van der Waals surface area contributed by atoms with Gasteiger partial charge in [0.05, 0.1) is 0 Å². The Bertz CT molecular complexity index is 825. The number of ether oxygens (including phenoxy) is 1. The Balaban J connectivity index is 1.59. The van der Waals surface area contributed by atoms with Crippen molar-refractivity contribution in [3.8, 4) is 5.75 Å². The zero-order valence-corrected chi connectivity index (χ0v) is 13.5. The van der Waals surface area contributed by atoms with Crippen LogP contribution in [0.25, 0.3) is 0 Å². The van der Waals surface area contributed by atoms with E-state index in [4.69, 9.17) is 4.74 Å². The molecular weight excluding hydrogens is 322 g/mol. The fourth-order valence-electron chi connectivity index (χ4n) is 2.36. The molecule has 0 fully saturated rings. The van der Waals surface area contributed by atoms with Crippen molar-refractivity contribution in [3.63, 3.8) is 0 Å². The first-order chi connectivity index (χ1) is 12.2. The van der Waals surface area contributed by atoms with Crippen molar-refractivity contribution < 1.29 is 13.5 Å². The second kappa shape index (κ2) is 8.26. The van der Waals surface area contributed by atoms with Crippen LogP contribution in [0.4, 0.5) is 14.5 Å². The molecule has 0 unspecified atom stereocenters. The molecule has 0 bridgehead atoms.